The van der Waals surface area contributed by atoms with Gasteiger partial charge in [-0.2, -0.15) is 0 Å². The molecule has 0 saturated heterocycles. The van der Waals surface area contributed by atoms with Gasteiger partial charge in [-0.25, -0.2) is 21.9 Å². The lowest BCUT2D eigenvalue weighted by atomic mass is 10.1. The van der Waals surface area contributed by atoms with Crippen LogP contribution >= 0.6 is 0 Å². The van der Waals surface area contributed by atoms with Crippen molar-refractivity contribution in [3.8, 4) is 0 Å². The number of sulfonamides is 1. The molecule has 2 rings (SSSR count). The summed E-state index contributed by atoms with van der Waals surface area (Å²) < 4.78 is 52.6. The molecule has 1 aromatic rings. The summed E-state index contributed by atoms with van der Waals surface area (Å²) in [6.45, 7) is 0.152. The van der Waals surface area contributed by atoms with Crippen molar-refractivity contribution in [3.05, 3.63) is 29.8 Å². The van der Waals surface area contributed by atoms with E-state index in [1.807, 2.05) is 0 Å². The van der Waals surface area contributed by atoms with E-state index in [0.29, 0.717) is 6.07 Å². The van der Waals surface area contributed by atoms with Gasteiger partial charge in [0.2, 0.25) is 10.0 Å². The molecule has 106 valence electrons. The summed E-state index contributed by atoms with van der Waals surface area (Å²) in [5.74, 6) is -1.71. The summed E-state index contributed by atoms with van der Waals surface area (Å²) in [5.41, 5.74) is 5.83. The van der Waals surface area contributed by atoms with Crippen molar-refractivity contribution in [1.82, 2.24) is 4.72 Å². The Labute approximate surface area is 111 Å². The molecule has 0 radical (unpaired) electrons. The molecule has 1 aliphatic rings. The van der Waals surface area contributed by atoms with Gasteiger partial charge in [-0.15, -0.1) is 0 Å². The van der Waals surface area contributed by atoms with E-state index in [4.69, 9.17) is 5.73 Å². The minimum atomic E-state index is -4.04. The van der Waals surface area contributed by atoms with Crippen LogP contribution in [-0.2, 0) is 10.0 Å². The van der Waals surface area contributed by atoms with Crippen LogP contribution in [0.2, 0.25) is 0 Å². The summed E-state index contributed by atoms with van der Waals surface area (Å²) in [4.78, 5) is -0.668. The Bertz CT molecular complexity index is 563. The van der Waals surface area contributed by atoms with Gasteiger partial charge in [-0.1, -0.05) is 6.42 Å². The van der Waals surface area contributed by atoms with Crippen LogP contribution in [0.15, 0.2) is 23.1 Å². The highest BCUT2D eigenvalue weighted by molar-refractivity contribution is 7.89. The van der Waals surface area contributed by atoms with Gasteiger partial charge in [0.1, 0.15) is 16.5 Å². The van der Waals surface area contributed by atoms with Crippen molar-refractivity contribution >= 4 is 10.0 Å². The van der Waals surface area contributed by atoms with E-state index in [1.165, 1.54) is 0 Å². The van der Waals surface area contributed by atoms with Crippen LogP contribution in [0, 0.1) is 17.6 Å². The van der Waals surface area contributed by atoms with Crippen molar-refractivity contribution in [3.63, 3.8) is 0 Å². The average Bonchev–Trinajstić information content (AvgIpc) is 2.75. The predicted octanol–water partition coefficient (Wildman–Crippen LogP) is 1.37. The van der Waals surface area contributed by atoms with Crippen LogP contribution in [-0.4, -0.2) is 21.0 Å². The lowest BCUT2D eigenvalue weighted by molar-refractivity contribution is 0.467. The largest absolute Gasteiger partial charge is 0.327 e. The van der Waals surface area contributed by atoms with Gasteiger partial charge in [-0.05, 0) is 37.0 Å². The first kappa shape index (κ1) is 14.4. The molecule has 1 aliphatic carbocycles. The number of hydrogen-bond donors (Lipinski definition) is 2. The minimum absolute atomic E-state index is 0.0416. The van der Waals surface area contributed by atoms with Gasteiger partial charge in [0, 0.05) is 12.6 Å². The topological polar surface area (TPSA) is 72.2 Å². The molecular formula is C12H16F2N2O2S. The second-order valence-corrected chi connectivity index (χ2v) is 6.52. The Morgan fingerprint density at radius 2 is 2.05 bits per heavy atom. The van der Waals surface area contributed by atoms with E-state index in [2.05, 4.69) is 4.72 Å². The molecule has 1 aromatic carbocycles. The zero-order chi connectivity index (χ0) is 14.0. The van der Waals surface area contributed by atoms with E-state index in [9.17, 15) is 17.2 Å². The number of nitrogens with two attached hydrogens (primary N) is 1. The molecule has 1 saturated carbocycles. The molecule has 3 N–H and O–H groups in total. The molecule has 0 aliphatic heterocycles. The maximum atomic E-state index is 13.4. The normalized spacial score (nSPS) is 23.7. The molecule has 0 amide bonds. The Hall–Kier alpha value is -1.05. The molecule has 0 aromatic heterocycles. The molecular weight excluding hydrogens is 274 g/mol. The maximum Gasteiger partial charge on any atom is 0.243 e. The van der Waals surface area contributed by atoms with Gasteiger partial charge in [0.25, 0.3) is 0 Å². The fourth-order valence-electron chi connectivity index (χ4n) is 2.30. The molecule has 2 unspecified atom stereocenters. The predicted molar refractivity (Wildman–Crippen MR) is 66.9 cm³/mol. The third-order valence-corrected chi connectivity index (χ3v) is 4.87. The van der Waals surface area contributed by atoms with Crippen LogP contribution in [0.5, 0.6) is 0 Å². The van der Waals surface area contributed by atoms with Crippen LogP contribution in [0.4, 0.5) is 8.78 Å². The molecule has 7 heteroatoms. The van der Waals surface area contributed by atoms with E-state index >= 15 is 0 Å². The van der Waals surface area contributed by atoms with Crippen LogP contribution < -0.4 is 10.5 Å². The standard InChI is InChI=1S/C12H16F2N2O2S/c13-9-4-5-10(14)12(6-9)19(17,18)16-7-8-2-1-3-11(8)15/h4-6,8,11,16H,1-3,7,15H2. The molecule has 4 nitrogen and oxygen atoms in total. The Morgan fingerprint density at radius 1 is 1.32 bits per heavy atom. The van der Waals surface area contributed by atoms with Gasteiger partial charge in [0.05, 0.1) is 0 Å². The molecule has 0 spiro atoms. The molecule has 0 heterocycles. The quantitative estimate of drug-likeness (QED) is 0.879. The Morgan fingerprint density at radius 3 is 2.68 bits per heavy atom. The second-order valence-electron chi connectivity index (χ2n) is 4.78. The number of hydrogen-bond acceptors (Lipinski definition) is 3. The molecule has 2 atom stereocenters. The zero-order valence-corrected chi connectivity index (χ0v) is 11.1. The second kappa shape index (κ2) is 5.52. The van der Waals surface area contributed by atoms with E-state index in [-0.39, 0.29) is 18.5 Å². The first-order valence-corrected chi connectivity index (χ1v) is 7.59. The summed E-state index contributed by atoms with van der Waals surface area (Å²) in [5, 5.41) is 0. The fourth-order valence-corrected chi connectivity index (χ4v) is 3.48. The van der Waals surface area contributed by atoms with Gasteiger partial charge in [0.15, 0.2) is 0 Å². The van der Waals surface area contributed by atoms with Crippen LogP contribution in [0.1, 0.15) is 19.3 Å². The van der Waals surface area contributed by atoms with E-state index in [1.54, 1.807) is 0 Å². The van der Waals surface area contributed by atoms with E-state index < -0.39 is 26.6 Å². The minimum Gasteiger partial charge on any atom is -0.327 e. The first-order chi connectivity index (χ1) is 8.90. The third kappa shape index (κ3) is 3.29. The molecule has 0 bridgehead atoms. The summed E-state index contributed by atoms with van der Waals surface area (Å²) in [6, 6.07) is 2.30. The average molecular weight is 290 g/mol. The first-order valence-electron chi connectivity index (χ1n) is 6.10. The number of halogens is 2. The van der Waals surface area contributed by atoms with E-state index in [0.717, 1.165) is 31.4 Å². The SMILES string of the molecule is NC1CCCC1CNS(=O)(=O)c1cc(F)ccc1F. The van der Waals surface area contributed by atoms with Crippen LogP contribution in [0.25, 0.3) is 0 Å². The lowest BCUT2D eigenvalue weighted by Gasteiger charge is -2.16. The van der Waals surface area contributed by atoms with Crippen LogP contribution in [0.3, 0.4) is 0 Å². The number of benzene rings is 1. The highest BCUT2D eigenvalue weighted by atomic mass is 32.2. The molecule has 1 fully saturated rings. The highest BCUT2D eigenvalue weighted by Crippen LogP contribution is 2.24. The Balaban J connectivity index is 2.12. The van der Waals surface area contributed by atoms with Gasteiger partial charge in [-0.3, -0.25) is 0 Å². The van der Waals surface area contributed by atoms with Crippen molar-refractivity contribution in [2.75, 3.05) is 6.54 Å². The fraction of sp³-hybridized carbons (Fsp3) is 0.500. The zero-order valence-electron chi connectivity index (χ0n) is 10.3. The van der Waals surface area contributed by atoms with Crippen molar-refractivity contribution < 1.29 is 17.2 Å². The summed E-state index contributed by atoms with van der Waals surface area (Å²) in [7, 11) is -4.04. The highest BCUT2D eigenvalue weighted by Gasteiger charge is 2.27. The van der Waals surface area contributed by atoms with Crippen molar-refractivity contribution in [2.45, 2.75) is 30.2 Å². The number of rotatable bonds is 4. The monoisotopic (exact) mass is 290 g/mol. The molecule has 19 heavy (non-hydrogen) atoms. The van der Waals surface area contributed by atoms with Crippen molar-refractivity contribution in [2.24, 2.45) is 11.7 Å². The number of nitrogens with one attached hydrogen (secondary N) is 1. The van der Waals surface area contributed by atoms with Crippen molar-refractivity contribution in [1.29, 1.82) is 0 Å². The maximum absolute atomic E-state index is 13.4. The summed E-state index contributed by atoms with van der Waals surface area (Å²) in [6.07, 6.45) is 2.66. The van der Waals surface area contributed by atoms with Gasteiger partial charge >= 0.3 is 0 Å². The lowest BCUT2D eigenvalue weighted by Crippen LogP contribution is -2.36. The smallest absolute Gasteiger partial charge is 0.243 e. The Kier molecular flexibility index (Phi) is 4.17. The summed E-state index contributed by atoms with van der Waals surface area (Å²) >= 11 is 0. The van der Waals surface area contributed by atoms with Gasteiger partial charge < -0.3 is 5.73 Å². The third-order valence-electron chi connectivity index (χ3n) is 3.44.